The van der Waals surface area contributed by atoms with E-state index < -0.39 is 27.6 Å². The van der Waals surface area contributed by atoms with E-state index in [1.807, 2.05) is 0 Å². The minimum atomic E-state index is -3.15. The van der Waals surface area contributed by atoms with Gasteiger partial charge in [0.1, 0.15) is 15.7 Å². The van der Waals surface area contributed by atoms with Crippen LogP contribution in [-0.4, -0.2) is 32.4 Å². The van der Waals surface area contributed by atoms with Crippen LogP contribution in [0.1, 0.15) is 12.0 Å². The largest absolute Gasteiger partial charge is 0.351 e. The molecule has 0 saturated carbocycles. The second kappa shape index (κ2) is 7.01. The molecule has 20 heavy (non-hydrogen) atoms. The van der Waals surface area contributed by atoms with Gasteiger partial charge in [-0.25, -0.2) is 12.8 Å². The normalized spacial score (nSPS) is 13.0. The third-order valence-electron chi connectivity index (χ3n) is 2.59. The van der Waals surface area contributed by atoms with Crippen LogP contribution in [0.3, 0.4) is 0 Å². The van der Waals surface area contributed by atoms with Gasteiger partial charge in [0.05, 0.1) is 16.8 Å². The molecular formula is C12H16ClFN2O3S. The summed E-state index contributed by atoms with van der Waals surface area (Å²) in [6, 6.07) is 3.19. The predicted molar refractivity (Wildman–Crippen MR) is 75.6 cm³/mol. The van der Waals surface area contributed by atoms with Gasteiger partial charge in [0, 0.05) is 12.8 Å². The molecule has 112 valence electrons. The molecule has 0 saturated heterocycles. The Kier molecular flexibility index (Phi) is 5.91. The van der Waals surface area contributed by atoms with Crippen LogP contribution in [0.25, 0.3) is 0 Å². The molecule has 0 aliphatic rings. The van der Waals surface area contributed by atoms with Gasteiger partial charge >= 0.3 is 0 Å². The van der Waals surface area contributed by atoms with Crippen LogP contribution in [0.4, 0.5) is 4.39 Å². The summed E-state index contributed by atoms with van der Waals surface area (Å²) in [7, 11) is -3.15. The minimum Gasteiger partial charge on any atom is -0.351 e. The van der Waals surface area contributed by atoms with Crippen molar-refractivity contribution in [3.8, 4) is 0 Å². The van der Waals surface area contributed by atoms with Crippen LogP contribution in [-0.2, 0) is 21.2 Å². The van der Waals surface area contributed by atoms with Gasteiger partial charge in [-0.2, -0.15) is 0 Å². The third kappa shape index (κ3) is 5.85. The minimum absolute atomic E-state index is 0.0295. The second-order valence-electron chi connectivity index (χ2n) is 4.49. The fraction of sp³-hybridized carbons (Fsp3) is 0.417. The first kappa shape index (κ1) is 16.9. The van der Waals surface area contributed by atoms with E-state index in [2.05, 4.69) is 5.32 Å². The van der Waals surface area contributed by atoms with Crippen molar-refractivity contribution < 1.29 is 17.6 Å². The van der Waals surface area contributed by atoms with Gasteiger partial charge in [0.2, 0.25) is 5.91 Å². The molecule has 8 heteroatoms. The van der Waals surface area contributed by atoms with Gasteiger partial charge < -0.3 is 11.1 Å². The van der Waals surface area contributed by atoms with Crippen LogP contribution in [0.5, 0.6) is 0 Å². The molecule has 0 aliphatic heterocycles. The Morgan fingerprint density at radius 3 is 2.70 bits per heavy atom. The Bertz CT molecular complexity index is 592. The molecule has 0 aliphatic carbocycles. The monoisotopic (exact) mass is 322 g/mol. The maximum absolute atomic E-state index is 12.9. The first-order valence-electron chi connectivity index (χ1n) is 5.84. The number of carbonyl (C=O) groups is 1. The van der Waals surface area contributed by atoms with Crippen molar-refractivity contribution in [2.24, 2.45) is 5.73 Å². The number of sulfone groups is 1. The second-order valence-corrected chi connectivity index (χ2v) is 7.16. The fourth-order valence-corrected chi connectivity index (χ4v) is 2.33. The number of halogens is 2. The number of amides is 1. The lowest BCUT2D eigenvalue weighted by molar-refractivity contribution is -0.122. The van der Waals surface area contributed by atoms with Crippen molar-refractivity contribution in [2.45, 2.75) is 19.0 Å². The zero-order valence-electron chi connectivity index (χ0n) is 10.9. The van der Waals surface area contributed by atoms with Crippen molar-refractivity contribution >= 4 is 27.3 Å². The molecule has 0 heterocycles. The van der Waals surface area contributed by atoms with Gasteiger partial charge in [0.25, 0.3) is 0 Å². The highest BCUT2D eigenvalue weighted by molar-refractivity contribution is 7.90. The Hall–Kier alpha value is -1.18. The third-order valence-corrected chi connectivity index (χ3v) is 3.85. The maximum atomic E-state index is 12.9. The lowest BCUT2D eigenvalue weighted by atomic mass is 10.2. The lowest BCUT2D eigenvalue weighted by Gasteiger charge is -2.12. The Balaban J connectivity index is 2.48. The highest BCUT2D eigenvalue weighted by Crippen LogP contribution is 2.15. The van der Waals surface area contributed by atoms with E-state index in [0.717, 1.165) is 6.26 Å². The number of nitrogens with two attached hydrogens (primary N) is 1. The standard InChI is InChI=1S/C12H16ClFN2O3S/c1-20(18,19)5-4-11(15)12(17)16-7-8-2-3-10(14)9(13)6-8/h2-3,6,11H,4-5,7,15H2,1H3,(H,16,17). The molecule has 5 nitrogen and oxygen atoms in total. The number of nitrogens with one attached hydrogen (secondary N) is 1. The molecule has 1 rings (SSSR count). The number of rotatable bonds is 6. The molecule has 1 amide bonds. The summed E-state index contributed by atoms with van der Waals surface area (Å²) in [6.45, 7) is 0.144. The number of carbonyl (C=O) groups excluding carboxylic acids is 1. The van der Waals surface area contributed by atoms with Crippen molar-refractivity contribution in [1.82, 2.24) is 5.32 Å². The van der Waals surface area contributed by atoms with Gasteiger partial charge in [-0.15, -0.1) is 0 Å². The molecular weight excluding hydrogens is 307 g/mol. The number of benzene rings is 1. The molecule has 0 radical (unpaired) electrons. The van der Waals surface area contributed by atoms with Gasteiger partial charge in [-0.05, 0) is 24.1 Å². The van der Waals surface area contributed by atoms with Gasteiger partial charge in [-0.3, -0.25) is 4.79 Å². The summed E-state index contributed by atoms with van der Waals surface area (Å²) >= 11 is 5.61. The van der Waals surface area contributed by atoms with Crippen LogP contribution in [0, 0.1) is 5.82 Å². The molecule has 0 bridgehead atoms. The summed E-state index contributed by atoms with van der Waals surface area (Å²) in [4.78, 5) is 11.6. The van der Waals surface area contributed by atoms with E-state index in [4.69, 9.17) is 17.3 Å². The van der Waals surface area contributed by atoms with E-state index in [9.17, 15) is 17.6 Å². The van der Waals surface area contributed by atoms with Crippen molar-refractivity contribution in [3.05, 3.63) is 34.6 Å². The number of hydrogen-bond acceptors (Lipinski definition) is 4. The SMILES string of the molecule is CS(=O)(=O)CCC(N)C(=O)NCc1ccc(F)c(Cl)c1. The van der Waals surface area contributed by atoms with E-state index in [-0.39, 0.29) is 23.7 Å². The molecule has 1 atom stereocenters. The highest BCUT2D eigenvalue weighted by Gasteiger charge is 2.15. The molecule has 0 aromatic heterocycles. The highest BCUT2D eigenvalue weighted by atomic mass is 35.5. The summed E-state index contributed by atoms with van der Waals surface area (Å²) in [5.74, 6) is -1.15. The zero-order valence-corrected chi connectivity index (χ0v) is 12.5. The van der Waals surface area contributed by atoms with Crippen molar-refractivity contribution in [1.29, 1.82) is 0 Å². The van der Waals surface area contributed by atoms with Crippen LogP contribution >= 0.6 is 11.6 Å². The van der Waals surface area contributed by atoms with E-state index in [1.54, 1.807) is 0 Å². The predicted octanol–water partition coefficient (Wildman–Crippen LogP) is 0.857. The lowest BCUT2D eigenvalue weighted by Crippen LogP contribution is -2.41. The summed E-state index contributed by atoms with van der Waals surface area (Å²) in [5.41, 5.74) is 6.21. The van der Waals surface area contributed by atoms with Crippen molar-refractivity contribution in [3.63, 3.8) is 0 Å². The maximum Gasteiger partial charge on any atom is 0.237 e. The molecule has 0 fully saturated rings. The summed E-state index contributed by atoms with van der Waals surface area (Å²) in [5, 5.41) is 2.51. The van der Waals surface area contributed by atoms with E-state index >= 15 is 0 Å². The van der Waals surface area contributed by atoms with Crippen LogP contribution < -0.4 is 11.1 Å². The average molecular weight is 323 g/mol. The van der Waals surface area contributed by atoms with Crippen LogP contribution in [0.2, 0.25) is 5.02 Å². The van der Waals surface area contributed by atoms with E-state index in [0.29, 0.717) is 5.56 Å². The Morgan fingerprint density at radius 1 is 1.50 bits per heavy atom. The summed E-state index contributed by atoms with van der Waals surface area (Å²) in [6.07, 6.45) is 1.13. The number of hydrogen-bond donors (Lipinski definition) is 2. The topological polar surface area (TPSA) is 89.3 Å². The fourth-order valence-electron chi connectivity index (χ4n) is 1.44. The quantitative estimate of drug-likeness (QED) is 0.813. The molecule has 3 N–H and O–H groups in total. The first-order valence-corrected chi connectivity index (χ1v) is 8.28. The first-order chi connectivity index (χ1) is 9.19. The summed E-state index contributed by atoms with van der Waals surface area (Å²) < 4.78 is 34.9. The Morgan fingerprint density at radius 2 is 2.15 bits per heavy atom. The molecule has 1 aromatic carbocycles. The smallest absolute Gasteiger partial charge is 0.237 e. The zero-order chi connectivity index (χ0) is 15.3. The van der Waals surface area contributed by atoms with Crippen molar-refractivity contribution in [2.75, 3.05) is 12.0 Å². The van der Waals surface area contributed by atoms with Crippen LogP contribution in [0.15, 0.2) is 18.2 Å². The van der Waals surface area contributed by atoms with E-state index in [1.165, 1.54) is 18.2 Å². The molecule has 1 aromatic rings. The molecule has 0 spiro atoms. The average Bonchev–Trinajstić information content (AvgIpc) is 2.36. The van der Waals surface area contributed by atoms with Gasteiger partial charge in [0.15, 0.2) is 0 Å². The Labute approximate surface area is 122 Å². The van der Waals surface area contributed by atoms with Gasteiger partial charge in [-0.1, -0.05) is 17.7 Å². The molecule has 1 unspecified atom stereocenters.